The number of hydrogen-bond acceptors (Lipinski definition) is 1. The topological polar surface area (TPSA) is 12.0 Å². The molecule has 1 nitrogen and oxygen atoms in total. The molecule has 0 aliphatic heterocycles. The van der Waals surface area contributed by atoms with Gasteiger partial charge in [0, 0.05) is 0 Å². The molecule has 1 aliphatic carbocycles. The van der Waals surface area contributed by atoms with Crippen molar-refractivity contribution in [2.45, 2.75) is 95.9 Å². The summed E-state index contributed by atoms with van der Waals surface area (Å²) in [5.41, 5.74) is -0.908. The fourth-order valence-electron chi connectivity index (χ4n) is 3.09. The SMILES string of the molecule is CCCNC1(C(F)F)CCCCCCCCCCC1. The summed E-state index contributed by atoms with van der Waals surface area (Å²) >= 11 is 0. The minimum absolute atomic E-state index is 0.644. The molecule has 1 rings (SSSR count). The summed E-state index contributed by atoms with van der Waals surface area (Å²) in [6.45, 7) is 2.76. The average molecular weight is 275 g/mol. The number of rotatable bonds is 4. The van der Waals surface area contributed by atoms with Crippen molar-refractivity contribution in [2.75, 3.05) is 6.54 Å². The molecule has 1 saturated carbocycles. The molecule has 1 N–H and O–H groups in total. The maximum atomic E-state index is 13.6. The van der Waals surface area contributed by atoms with Crippen molar-refractivity contribution in [3.63, 3.8) is 0 Å². The molecule has 0 atom stereocenters. The van der Waals surface area contributed by atoms with Crippen LogP contribution in [0.1, 0.15) is 84.0 Å². The van der Waals surface area contributed by atoms with Gasteiger partial charge in [0.2, 0.25) is 0 Å². The highest BCUT2D eigenvalue weighted by atomic mass is 19.3. The molecule has 0 saturated heterocycles. The van der Waals surface area contributed by atoms with Crippen LogP contribution in [0.15, 0.2) is 0 Å². The van der Waals surface area contributed by atoms with Gasteiger partial charge in [0.25, 0.3) is 6.43 Å². The van der Waals surface area contributed by atoms with Crippen LogP contribution in [-0.4, -0.2) is 18.5 Å². The molecular formula is C16H31F2N. The molecule has 0 bridgehead atoms. The summed E-state index contributed by atoms with van der Waals surface area (Å²) in [5, 5.41) is 3.19. The van der Waals surface area contributed by atoms with Crippen LogP contribution in [-0.2, 0) is 0 Å². The lowest BCUT2D eigenvalue weighted by Gasteiger charge is -2.35. The van der Waals surface area contributed by atoms with E-state index < -0.39 is 12.0 Å². The molecule has 0 unspecified atom stereocenters. The Morgan fingerprint density at radius 1 is 0.842 bits per heavy atom. The average Bonchev–Trinajstić information content (AvgIpc) is 2.38. The monoisotopic (exact) mass is 275 g/mol. The van der Waals surface area contributed by atoms with Crippen LogP contribution in [0.5, 0.6) is 0 Å². The van der Waals surface area contributed by atoms with E-state index in [1.165, 1.54) is 32.1 Å². The van der Waals surface area contributed by atoms with Crippen molar-refractivity contribution in [3.8, 4) is 0 Å². The van der Waals surface area contributed by atoms with Crippen LogP contribution in [0.3, 0.4) is 0 Å². The van der Waals surface area contributed by atoms with Crippen LogP contribution >= 0.6 is 0 Å². The van der Waals surface area contributed by atoms with Gasteiger partial charge in [-0.15, -0.1) is 0 Å². The quantitative estimate of drug-likeness (QED) is 0.734. The fourth-order valence-corrected chi connectivity index (χ4v) is 3.09. The van der Waals surface area contributed by atoms with E-state index in [2.05, 4.69) is 5.32 Å². The summed E-state index contributed by atoms with van der Waals surface area (Å²) in [4.78, 5) is 0. The zero-order valence-electron chi connectivity index (χ0n) is 12.5. The van der Waals surface area contributed by atoms with Crippen LogP contribution in [0.2, 0.25) is 0 Å². The first-order chi connectivity index (χ1) is 9.21. The Bertz CT molecular complexity index is 207. The van der Waals surface area contributed by atoms with Crippen molar-refractivity contribution in [2.24, 2.45) is 0 Å². The van der Waals surface area contributed by atoms with Crippen LogP contribution < -0.4 is 5.32 Å². The zero-order valence-corrected chi connectivity index (χ0v) is 12.5. The highest BCUT2D eigenvalue weighted by Gasteiger charge is 2.38. The van der Waals surface area contributed by atoms with Gasteiger partial charge in [-0.05, 0) is 25.8 Å². The van der Waals surface area contributed by atoms with Gasteiger partial charge >= 0.3 is 0 Å². The second kappa shape index (κ2) is 9.68. The van der Waals surface area contributed by atoms with Crippen molar-refractivity contribution in [3.05, 3.63) is 0 Å². The fraction of sp³-hybridized carbons (Fsp3) is 1.00. The molecule has 0 aromatic heterocycles. The summed E-state index contributed by atoms with van der Waals surface area (Å²) < 4.78 is 27.1. The van der Waals surface area contributed by atoms with Gasteiger partial charge in [-0.25, -0.2) is 8.78 Å². The molecule has 3 heteroatoms. The van der Waals surface area contributed by atoms with E-state index in [0.29, 0.717) is 19.4 Å². The molecule has 1 aliphatic rings. The number of halogens is 2. The Balaban J connectivity index is 2.58. The largest absolute Gasteiger partial charge is 0.306 e. The van der Waals surface area contributed by atoms with Gasteiger partial charge in [-0.3, -0.25) is 0 Å². The Morgan fingerprint density at radius 2 is 1.26 bits per heavy atom. The molecule has 0 aromatic rings. The standard InChI is InChI=1S/C16H31F2N/c1-2-14-19-16(15(17)18)12-10-8-6-4-3-5-7-9-11-13-16/h15,19H,2-14H2,1H3. The molecule has 0 amide bonds. The van der Waals surface area contributed by atoms with Gasteiger partial charge < -0.3 is 5.32 Å². The highest BCUT2D eigenvalue weighted by Crippen LogP contribution is 2.30. The minimum Gasteiger partial charge on any atom is -0.306 e. The van der Waals surface area contributed by atoms with Gasteiger partial charge in [-0.1, -0.05) is 64.7 Å². The molecule has 0 radical (unpaired) electrons. The van der Waals surface area contributed by atoms with E-state index >= 15 is 0 Å². The normalized spacial score (nSPS) is 22.7. The van der Waals surface area contributed by atoms with Crippen molar-refractivity contribution in [1.82, 2.24) is 5.32 Å². The number of hydrogen-bond donors (Lipinski definition) is 1. The Labute approximate surface area is 117 Å². The molecule has 19 heavy (non-hydrogen) atoms. The first-order valence-corrected chi connectivity index (χ1v) is 8.24. The molecular weight excluding hydrogens is 244 g/mol. The summed E-state index contributed by atoms with van der Waals surface area (Å²) in [6, 6.07) is 0. The van der Waals surface area contributed by atoms with E-state index in [1.807, 2.05) is 6.92 Å². The van der Waals surface area contributed by atoms with Gasteiger partial charge in [0.15, 0.2) is 0 Å². The van der Waals surface area contributed by atoms with E-state index in [0.717, 1.165) is 32.1 Å². The van der Waals surface area contributed by atoms with E-state index in [4.69, 9.17) is 0 Å². The van der Waals surface area contributed by atoms with Gasteiger partial charge in [-0.2, -0.15) is 0 Å². The third-order valence-electron chi connectivity index (χ3n) is 4.39. The first-order valence-electron chi connectivity index (χ1n) is 8.24. The molecule has 0 heterocycles. The van der Waals surface area contributed by atoms with E-state index in [9.17, 15) is 8.78 Å². The van der Waals surface area contributed by atoms with Crippen LogP contribution in [0, 0.1) is 0 Å². The van der Waals surface area contributed by atoms with E-state index in [-0.39, 0.29) is 0 Å². The van der Waals surface area contributed by atoms with E-state index in [1.54, 1.807) is 0 Å². The maximum Gasteiger partial charge on any atom is 0.256 e. The summed E-state index contributed by atoms with van der Waals surface area (Å²) in [6.07, 6.45) is 10.4. The van der Waals surface area contributed by atoms with Crippen molar-refractivity contribution < 1.29 is 8.78 Å². The lowest BCUT2D eigenvalue weighted by Crippen LogP contribution is -2.51. The predicted octanol–water partition coefficient (Wildman–Crippen LogP) is 5.29. The third kappa shape index (κ3) is 6.20. The lowest BCUT2D eigenvalue weighted by atomic mass is 9.85. The van der Waals surface area contributed by atoms with Crippen LogP contribution in [0.25, 0.3) is 0 Å². The first kappa shape index (κ1) is 16.9. The molecule has 114 valence electrons. The second-order valence-electron chi connectivity index (χ2n) is 6.07. The second-order valence-corrected chi connectivity index (χ2v) is 6.07. The number of alkyl halides is 2. The smallest absolute Gasteiger partial charge is 0.256 e. The summed E-state index contributed by atoms with van der Waals surface area (Å²) in [5.74, 6) is 0. The van der Waals surface area contributed by atoms with Gasteiger partial charge in [0.05, 0.1) is 5.54 Å². The van der Waals surface area contributed by atoms with Crippen molar-refractivity contribution in [1.29, 1.82) is 0 Å². The predicted molar refractivity (Wildman–Crippen MR) is 77.8 cm³/mol. The molecule has 0 spiro atoms. The highest BCUT2D eigenvalue weighted by molar-refractivity contribution is 4.90. The van der Waals surface area contributed by atoms with Crippen LogP contribution in [0.4, 0.5) is 8.78 Å². The van der Waals surface area contributed by atoms with Gasteiger partial charge in [0.1, 0.15) is 0 Å². The lowest BCUT2D eigenvalue weighted by molar-refractivity contribution is 0.0154. The maximum absolute atomic E-state index is 13.6. The Hall–Kier alpha value is -0.180. The minimum atomic E-state index is -2.23. The third-order valence-corrected chi connectivity index (χ3v) is 4.39. The summed E-state index contributed by atoms with van der Waals surface area (Å²) in [7, 11) is 0. The molecule has 1 fully saturated rings. The zero-order chi connectivity index (χ0) is 14.0. The Kier molecular flexibility index (Phi) is 8.60. The number of nitrogens with one attached hydrogen (secondary N) is 1. The molecule has 0 aromatic carbocycles. The Morgan fingerprint density at radius 3 is 1.63 bits per heavy atom. The van der Waals surface area contributed by atoms with Crippen molar-refractivity contribution >= 4 is 0 Å².